The molecule has 0 fully saturated rings. The lowest BCUT2D eigenvalue weighted by atomic mass is 10.3. The summed E-state index contributed by atoms with van der Waals surface area (Å²) in [5, 5.41) is 0.840. The number of aromatic nitrogens is 2. The molecule has 0 aliphatic heterocycles. The van der Waals surface area contributed by atoms with E-state index in [9.17, 15) is 4.79 Å². The second-order valence-corrected chi connectivity index (χ2v) is 4.41. The molecule has 0 bridgehead atoms. The van der Waals surface area contributed by atoms with Crippen LogP contribution >= 0.6 is 45.8 Å². The Kier molecular flexibility index (Phi) is 2.29. The van der Waals surface area contributed by atoms with Gasteiger partial charge in [0, 0.05) is 3.57 Å². The normalized spacial score (nSPS) is 11.0. The maximum atomic E-state index is 10.9. The van der Waals surface area contributed by atoms with Crippen molar-refractivity contribution in [3.63, 3.8) is 0 Å². The number of halogens is 3. The Morgan fingerprint density at radius 2 is 1.92 bits per heavy atom. The fourth-order valence-electron chi connectivity index (χ4n) is 1.08. The van der Waals surface area contributed by atoms with E-state index in [0.29, 0.717) is 21.1 Å². The molecule has 13 heavy (non-hydrogen) atoms. The maximum Gasteiger partial charge on any atom is 0.323 e. The van der Waals surface area contributed by atoms with E-state index in [-0.39, 0.29) is 5.69 Å². The van der Waals surface area contributed by atoms with Gasteiger partial charge in [-0.25, -0.2) is 4.79 Å². The Balaban J connectivity index is 3.00. The van der Waals surface area contributed by atoms with E-state index in [1.54, 1.807) is 6.07 Å². The zero-order valence-electron chi connectivity index (χ0n) is 6.12. The van der Waals surface area contributed by atoms with Crippen LogP contribution in [-0.4, -0.2) is 9.97 Å². The Labute approximate surface area is 96.6 Å². The number of aromatic amines is 2. The zero-order chi connectivity index (χ0) is 9.59. The predicted molar refractivity (Wildman–Crippen MR) is 61.7 cm³/mol. The average Bonchev–Trinajstić information content (AvgIpc) is 2.42. The minimum atomic E-state index is -0.282. The number of imidazole rings is 1. The fraction of sp³-hybridized carbons (Fsp3) is 0. The van der Waals surface area contributed by atoms with E-state index < -0.39 is 0 Å². The van der Waals surface area contributed by atoms with E-state index in [1.165, 1.54) is 0 Å². The highest BCUT2D eigenvalue weighted by molar-refractivity contribution is 14.1. The van der Waals surface area contributed by atoms with Gasteiger partial charge in [-0.15, -0.1) is 0 Å². The number of nitrogens with one attached hydrogen (secondary N) is 2. The van der Waals surface area contributed by atoms with Gasteiger partial charge >= 0.3 is 5.69 Å². The minimum Gasteiger partial charge on any atom is -0.306 e. The van der Waals surface area contributed by atoms with Crippen LogP contribution in [0.1, 0.15) is 0 Å². The van der Waals surface area contributed by atoms with Crippen molar-refractivity contribution >= 4 is 56.8 Å². The molecule has 3 nitrogen and oxygen atoms in total. The molecular weight excluding hydrogens is 326 g/mol. The summed E-state index contributed by atoms with van der Waals surface area (Å²) in [5.74, 6) is 0. The number of H-pyrrole nitrogens is 2. The van der Waals surface area contributed by atoms with Crippen LogP contribution in [0.2, 0.25) is 10.0 Å². The van der Waals surface area contributed by atoms with Crippen LogP contribution in [-0.2, 0) is 0 Å². The molecule has 0 saturated carbocycles. The summed E-state index contributed by atoms with van der Waals surface area (Å²) in [6.45, 7) is 0. The highest BCUT2D eigenvalue weighted by Crippen LogP contribution is 2.32. The van der Waals surface area contributed by atoms with E-state index in [2.05, 4.69) is 32.6 Å². The van der Waals surface area contributed by atoms with Crippen LogP contribution < -0.4 is 5.69 Å². The van der Waals surface area contributed by atoms with Crippen molar-refractivity contribution in [3.05, 3.63) is 30.2 Å². The second kappa shape index (κ2) is 3.18. The van der Waals surface area contributed by atoms with Crippen LogP contribution in [0.15, 0.2) is 10.9 Å². The number of benzene rings is 1. The summed E-state index contributed by atoms with van der Waals surface area (Å²) in [6, 6.07) is 1.77. The lowest BCUT2D eigenvalue weighted by Crippen LogP contribution is -1.99. The third kappa shape index (κ3) is 1.47. The molecule has 2 aromatic rings. The second-order valence-electron chi connectivity index (χ2n) is 2.49. The standard InChI is InChI=1S/C7H3Cl2IN2O/c8-4-2(10)1-3-6(5(4)9)12-7(13)11-3/h1H,(H2,11,12,13). The zero-order valence-corrected chi connectivity index (χ0v) is 9.79. The molecule has 1 aromatic heterocycles. The van der Waals surface area contributed by atoms with Crippen molar-refractivity contribution in [3.8, 4) is 0 Å². The van der Waals surface area contributed by atoms with E-state index in [0.717, 1.165) is 3.57 Å². The van der Waals surface area contributed by atoms with Gasteiger partial charge in [0.05, 0.1) is 21.1 Å². The highest BCUT2D eigenvalue weighted by Gasteiger charge is 2.10. The van der Waals surface area contributed by atoms with Crippen molar-refractivity contribution in [2.75, 3.05) is 0 Å². The van der Waals surface area contributed by atoms with E-state index in [1.807, 2.05) is 0 Å². The number of fused-ring (bicyclic) bond motifs is 1. The van der Waals surface area contributed by atoms with Crippen LogP contribution in [0.4, 0.5) is 0 Å². The van der Waals surface area contributed by atoms with Crippen LogP contribution in [0.5, 0.6) is 0 Å². The Morgan fingerprint density at radius 1 is 1.23 bits per heavy atom. The first-order valence-electron chi connectivity index (χ1n) is 3.35. The quantitative estimate of drug-likeness (QED) is 0.567. The summed E-state index contributed by atoms with van der Waals surface area (Å²) in [5.41, 5.74) is 0.941. The molecule has 0 amide bonds. The summed E-state index contributed by atoms with van der Waals surface area (Å²) >= 11 is 13.9. The van der Waals surface area contributed by atoms with Crippen molar-refractivity contribution < 1.29 is 0 Å². The Bertz CT molecular complexity index is 531. The Hall–Kier alpha value is -0.200. The van der Waals surface area contributed by atoms with Crippen LogP contribution in [0.25, 0.3) is 11.0 Å². The molecule has 0 aliphatic carbocycles. The molecule has 2 N–H and O–H groups in total. The van der Waals surface area contributed by atoms with E-state index >= 15 is 0 Å². The average molecular weight is 329 g/mol. The van der Waals surface area contributed by atoms with Gasteiger partial charge < -0.3 is 9.97 Å². The molecule has 0 saturated heterocycles. The molecule has 0 spiro atoms. The number of rotatable bonds is 0. The lowest BCUT2D eigenvalue weighted by molar-refractivity contribution is 1.21. The van der Waals surface area contributed by atoms with Gasteiger partial charge in [-0.3, -0.25) is 0 Å². The van der Waals surface area contributed by atoms with Gasteiger partial charge in [0.25, 0.3) is 0 Å². The van der Waals surface area contributed by atoms with E-state index in [4.69, 9.17) is 23.2 Å². The summed E-state index contributed by atoms with van der Waals surface area (Å²) in [4.78, 5) is 16.1. The van der Waals surface area contributed by atoms with Crippen molar-refractivity contribution in [1.29, 1.82) is 0 Å². The van der Waals surface area contributed by atoms with Gasteiger partial charge in [0.1, 0.15) is 0 Å². The first kappa shape index (κ1) is 9.36. The summed E-state index contributed by atoms with van der Waals surface area (Å²) in [7, 11) is 0. The summed E-state index contributed by atoms with van der Waals surface area (Å²) < 4.78 is 0.812. The molecule has 0 radical (unpaired) electrons. The smallest absolute Gasteiger partial charge is 0.306 e. The fourth-order valence-corrected chi connectivity index (χ4v) is 2.22. The molecule has 6 heteroatoms. The third-order valence-electron chi connectivity index (χ3n) is 1.65. The molecule has 0 aliphatic rings. The Morgan fingerprint density at radius 3 is 2.62 bits per heavy atom. The van der Waals surface area contributed by atoms with Gasteiger partial charge in [-0.1, -0.05) is 23.2 Å². The SMILES string of the molecule is O=c1[nH]c2cc(I)c(Cl)c(Cl)c2[nH]1. The lowest BCUT2D eigenvalue weighted by Gasteiger charge is -1.99. The number of hydrogen-bond acceptors (Lipinski definition) is 1. The first-order chi connectivity index (χ1) is 6.09. The van der Waals surface area contributed by atoms with Gasteiger partial charge in [0.15, 0.2) is 0 Å². The molecule has 1 aromatic carbocycles. The summed E-state index contributed by atoms with van der Waals surface area (Å²) in [6.07, 6.45) is 0. The molecule has 2 rings (SSSR count). The van der Waals surface area contributed by atoms with Crippen LogP contribution in [0.3, 0.4) is 0 Å². The molecule has 0 atom stereocenters. The van der Waals surface area contributed by atoms with Crippen molar-refractivity contribution in [2.24, 2.45) is 0 Å². The van der Waals surface area contributed by atoms with Gasteiger partial charge in [-0.05, 0) is 28.7 Å². The predicted octanol–water partition coefficient (Wildman–Crippen LogP) is 2.77. The largest absolute Gasteiger partial charge is 0.323 e. The highest BCUT2D eigenvalue weighted by atomic mass is 127. The van der Waals surface area contributed by atoms with Gasteiger partial charge in [0.2, 0.25) is 0 Å². The monoisotopic (exact) mass is 328 g/mol. The maximum absolute atomic E-state index is 10.9. The topological polar surface area (TPSA) is 48.6 Å². The molecule has 68 valence electrons. The first-order valence-corrected chi connectivity index (χ1v) is 5.18. The van der Waals surface area contributed by atoms with Crippen molar-refractivity contribution in [1.82, 2.24) is 9.97 Å². The molecule has 1 heterocycles. The van der Waals surface area contributed by atoms with Crippen molar-refractivity contribution in [2.45, 2.75) is 0 Å². The molecular formula is C7H3Cl2IN2O. The third-order valence-corrected chi connectivity index (χ3v) is 3.69. The number of hydrogen-bond donors (Lipinski definition) is 2. The molecule has 0 unspecified atom stereocenters. The van der Waals surface area contributed by atoms with Crippen LogP contribution in [0, 0.1) is 3.57 Å². The van der Waals surface area contributed by atoms with Gasteiger partial charge in [-0.2, -0.15) is 0 Å². The minimum absolute atomic E-state index is 0.282.